The molecule has 4 rings (SSSR count). The molecule has 10 heteroatoms. The summed E-state index contributed by atoms with van der Waals surface area (Å²) in [7, 11) is 1.40. The highest BCUT2D eigenvalue weighted by Crippen LogP contribution is 2.39. The molecule has 0 aliphatic carbocycles. The summed E-state index contributed by atoms with van der Waals surface area (Å²) in [5.74, 6) is -0.616. The molecule has 8 nitrogen and oxygen atoms in total. The van der Waals surface area contributed by atoms with Crippen LogP contribution in [0.25, 0.3) is 6.08 Å². The summed E-state index contributed by atoms with van der Waals surface area (Å²) in [4.78, 5) is 37.5. The number of amides is 2. The number of nitro benzene ring substituents is 1. The molecule has 0 spiro atoms. The van der Waals surface area contributed by atoms with E-state index >= 15 is 0 Å². The first-order valence-electron chi connectivity index (χ1n) is 10.4. The highest BCUT2D eigenvalue weighted by Gasteiger charge is 2.35. The van der Waals surface area contributed by atoms with Gasteiger partial charge < -0.3 is 9.47 Å². The van der Waals surface area contributed by atoms with Gasteiger partial charge in [-0.2, -0.15) is 0 Å². The molecule has 35 heavy (non-hydrogen) atoms. The summed E-state index contributed by atoms with van der Waals surface area (Å²) < 4.78 is 24.3. The van der Waals surface area contributed by atoms with Crippen molar-refractivity contribution in [1.82, 2.24) is 4.90 Å². The molecule has 1 saturated heterocycles. The first kappa shape index (κ1) is 24.0. The zero-order valence-corrected chi connectivity index (χ0v) is 19.3. The number of carbonyl (C=O) groups excluding carboxylic acids is 2. The van der Waals surface area contributed by atoms with Crippen LogP contribution in [-0.4, -0.2) is 28.1 Å². The maximum atomic E-state index is 13.2. The number of hydrogen-bond acceptors (Lipinski definition) is 7. The number of halogens is 1. The van der Waals surface area contributed by atoms with Crippen molar-refractivity contribution < 1.29 is 28.4 Å². The Morgan fingerprint density at radius 2 is 1.74 bits per heavy atom. The highest BCUT2D eigenvalue weighted by molar-refractivity contribution is 8.18. The van der Waals surface area contributed by atoms with Crippen molar-refractivity contribution in [2.45, 2.75) is 13.2 Å². The van der Waals surface area contributed by atoms with E-state index in [2.05, 4.69) is 0 Å². The maximum Gasteiger partial charge on any atom is 0.293 e. The third-order valence-electron chi connectivity index (χ3n) is 5.16. The van der Waals surface area contributed by atoms with E-state index in [4.69, 9.17) is 9.47 Å². The average Bonchev–Trinajstić information content (AvgIpc) is 3.11. The van der Waals surface area contributed by atoms with Crippen LogP contribution in [0, 0.1) is 15.9 Å². The molecule has 0 atom stereocenters. The van der Waals surface area contributed by atoms with E-state index in [0.29, 0.717) is 17.3 Å². The van der Waals surface area contributed by atoms with Gasteiger partial charge >= 0.3 is 0 Å². The van der Waals surface area contributed by atoms with Gasteiger partial charge in [0.05, 0.1) is 35.1 Å². The fourth-order valence-corrected chi connectivity index (χ4v) is 4.23. The molecule has 1 heterocycles. The molecule has 0 N–H and O–H groups in total. The van der Waals surface area contributed by atoms with E-state index in [0.717, 1.165) is 10.5 Å². The molecule has 1 aliphatic rings. The van der Waals surface area contributed by atoms with Crippen LogP contribution in [0.3, 0.4) is 0 Å². The van der Waals surface area contributed by atoms with Crippen LogP contribution in [-0.2, 0) is 17.9 Å². The molecule has 3 aromatic rings. The van der Waals surface area contributed by atoms with Gasteiger partial charge in [-0.05, 0) is 47.2 Å². The van der Waals surface area contributed by atoms with Crippen molar-refractivity contribution in [3.63, 3.8) is 0 Å². The lowest BCUT2D eigenvalue weighted by Gasteiger charge is -2.13. The molecule has 0 radical (unpaired) electrons. The number of rotatable bonds is 8. The van der Waals surface area contributed by atoms with Crippen LogP contribution in [0.1, 0.15) is 16.7 Å². The molecule has 178 valence electrons. The zero-order valence-electron chi connectivity index (χ0n) is 18.5. The minimum absolute atomic E-state index is 0.0280. The second kappa shape index (κ2) is 10.4. The van der Waals surface area contributed by atoms with Gasteiger partial charge in [-0.1, -0.05) is 42.5 Å². The van der Waals surface area contributed by atoms with Gasteiger partial charge in [-0.15, -0.1) is 0 Å². The molecule has 0 saturated carbocycles. The molecule has 0 bridgehead atoms. The fourth-order valence-electron chi connectivity index (χ4n) is 3.40. The summed E-state index contributed by atoms with van der Waals surface area (Å²) in [6.07, 6.45) is 1.29. The number of thioether (sulfide) groups is 1. The first-order chi connectivity index (χ1) is 16.9. The second-order valence-corrected chi connectivity index (χ2v) is 8.48. The summed E-state index contributed by atoms with van der Waals surface area (Å²) in [5.41, 5.74) is 1.23. The normalized spacial score (nSPS) is 14.5. The minimum atomic E-state index is -0.595. The van der Waals surface area contributed by atoms with E-state index in [-0.39, 0.29) is 40.8 Å². The first-order valence-corrected chi connectivity index (χ1v) is 11.2. The number of nitrogens with zero attached hydrogens (tertiary/aromatic N) is 2. The Kier molecular flexibility index (Phi) is 7.11. The Balaban J connectivity index is 1.61. The SMILES string of the molecule is COc1cc(/C=C2\SC(=O)N(Cc3ccc(F)cc3)C2=O)c([N+](=O)[O-])cc1OCc1ccccc1. The molecule has 1 fully saturated rings. The number of ether oxygens (including phenoxy) is 2. The lowest BCUT2D eigenvalue weighted by molar-refractivity contribution is -0.385. The van der Waals surface area contributed by atoms with Gasteiger partial charge in [0.2, 0.25) is 0 Å². The largest absolute Gasteiger partial charge is 0.493 e. The predicted octanol–water partition coefficient (Wildman–Crippen LogP) is 5.56. The van der Waals surface area contributed by atoms with Crippen LogP contribution < -0.4 is 9.47 Å². The molecule has 1 aliphatic heterocycles. The maximum absolute atomic E-state index is 13.2. The fraction of sp³-hybridized carbons (Fsp3) is 0.120. The standard InChI is InChI=1S/C25H19FN2O6S/c1-33-21-11-18(20(28(31)32)13-22(21)34-15-17-5-3-2-4-6-17)12-23-24(29)27(25(30)35-23)14-16-7-9-19(26)10-8-16/h2-13H,14-15H2,1H3/b23-12-. The van der Waals surface area contributed by atoms with Crippen LogP contribution in [0.15, 0.2) is 71.6 Å². The van der Waals surface area contributed by atoms with Crippen molar-refractivity contribution in [3.05, 3.63) is 104 Å². The van der Waals surface area contributed by atoms with Gasteiger partial charge in [-0.3, -0.25) is 24.6 Å². The lowest BCUT2D eigenvalue weighted by Crippen LogP contribution is -2.27. The van der Waals surface area contributed by atoms with Crippen LogP contribution in [0.4, 0.5) is 14.9 Å². The van der Waals surface area contributed by atoms with Gasteiger partial charge in [0, 0.05) is 0 Å². The number of benzene rings is 3. The van der Waals surface area contributed by atoms with Crippen molar-refractivity contribution >= 4 is 34.7 Å². The Morgan fingerprint density at radius 3 is 2.40 bits per heavy atom. The Labute approximate surface area is 204 Å². The topological polar surface area (TPSA) is 99.0 Å². The van der Waals surface area contributed by atoms with E-state index in [1.807, 2.05) is 30.3 Å². The molecule has 2 amide bonds. The van der Waals surface area contributed by atoms with Crippen LogP contribution in [0.5, 0.6) is 11.5 Å². The second-order valence-electron chi connectivity index (χ2n) is 7.49. The van der Waals surface area contributed by atoms with Crippen molar-refractivity contribution in [1.29, 1.82) is 0 Å². The third-order valence-corrected chi connectivity index (χ3v) is 6.07. The highest BCUT2D eigenvalue weighted by atomic mass is 32.2. The molecule has 3 aromatic carbocycles. The van der Waals surface area contributed by atoms with Crippen LogP contribution >= 0.6 is 11.8 Å². The summed E-state index contributed by atoms with van der Waals surface area (Å²) in [5, 5.41) is 11.3. The zero-order chi connectivity index (χ0) is 24.9. The Hall–Kier alpha value is -4.18. The monoisotopic (exact) mass is 494 g/mol. The van der Waals surface area contributed by atoms with E-state index in [9.17, 15) is 24.1 Å². The van der Waals surface area contributed by atoms with E-state index < -0.39 is 21.9 Å². The quantitative estimate of drug-likeness (QED) is 0.230. The minimum Gasteiger partial charge on any atom is -0.493 e. The van der Waals surface area contributed by atoms with E-state index in [1.165, 1.54) is 49.6 Å². The smallest absolute Gasteiger partial charge is 0.293 e. The number of hydrogen-bond donors (Lipinski definition) is 0. The predicted molar refractivity (Wildman–Crippen MR) is 128 cm³/mol. The Morgan fingerprint density at radius 1 is 1.03 bits per heavy atom. The molecule has 0 unspecified atom stereocenters. The summed E-state index contributed by atoms with van der Waals surface area (Å²) >= 11 is 0.674. The van der Waals surface area contributed by atoms with Crippen LogP contribution in [0.2, 0.25) is 0 Å². The Bertz CT molecular complexity index is 1310. The summed E-state index contributed by atoms with van der Waals surface area (Å²) in [6.45, 7) is 0.135. The van der Waals surface area contributed by atoms with Gasteiger partial charge in [0.25, 0.3) is 16.8 Å². The van der Waals surface area contributed by atoms with Gasteiger partial charge in [-0.25, -0.2) is 4.39 Å². The third kappa shape index (κ3) is 5.49. The molecular formula is C25H19FN2O6S. The number of carbonyl (C=O) groups is 2. The molecular weight excluding hydrogens is 475 g/mol. The summed E-state index contributed by atoms with van der Waals surface area (Å²) in [6, 6.07) is 17.3. The number of methoxy groups -OCH3 is 1. The van der Waals surface area contributed by atoms with Crippen molar-refractivity contribution in [3.8, 4) is 11.5 Å². The van der Waals surface area contributed by atoms with Crippen molar-refractivity contribution in [2.24, 2.45) is 0 Å². The average molecular weight is 495 g/mol. The number of nitro groups is 1. The van der Waals surface area contributed by atoms with Crippen molar-refractivity contribution in [2.75, 3.05) is 7.11 Å². The van der Waals surface area contributed by atoms with Gasteiger partial charge in [0.1, 0.15) is 12.4 Å². The number of imide groups is 1. The van der Waals surface area contributed by atoms with E-state index in [1.54, 1.807) is 0 Å². The lowest BCUT2D eigenvalue weighted by atomic mass is 10.1. The molecule has 0 aromatic heterocycles. The van der Waals surface area contributed by atoms with Gasteiger partial charge in [0.15, 0.2) is 11.5 Å².